The summed E-state index contributed by atoms with van der Waals surface area (Å²) in [4.78, 5) is 22.8. The van der Waals surface area contributed by atoms with Crippen LogP contribution in [0.3, 0.4) is 0 Å². The molecule has 138 valence electrons. The lowest BCUT2D eigenvalue weighted by Gasteiger charge is -2.42. The normalized spacial score (nSPS) is 31.1. The van der Waals surface area contributed by atoms with E-state index in [1.807, 2.05) is 0 Å². The number of hydrogen-bond donors (Lipinski definition) is 5. The molecule has 6 N–H and O–H groups in total. The number of aliphatic hydroxyl groups excluding tert-OH is 3. The zero-order valence-corrected chi connectivity index (χ0v) is 13.3. The summed E-state index contributed by atoms with van der Waals surface area (Å²) in [5, 5.41) is 31.5. The van der Waals surface area contributed by atoms with Crippen LogP contribution in [0, 0.1) is 0 Å². The second-order valence-electron chi connectivity index (χ2n) is 5.29. The largest absolute Gasteiger partial charge is 0.460 e. The van der Waals surface area contributed by atoms with Gasteiger partial charge in [0, 0.05) is 6.92 Å². The van der Waals surface area contributed by atoms with Crippen molar-refractivity contribution in [3.05, 3.63) is 12.7 Å². The molecule has 0 aromatic heterocycles. The minimum atomic E-state index is -1.44. The Balaban J connectivity index is 2.70. The summed E-state index contributed by atoms with van der Waals surface area (Å²) in [6, 6.07) is -2.22. The van der Waals surface area contributed by atoms with Crippen LogP contribution in [0.5, 0.6) is 0 Å². The number of aliphatic hydroxyl groups is 3. The van der Waals surface area contributed by atoms with Crippen LogP contribution in [0.25, 0.3) is 0 Å². The van der Waals surface area contributed by atoms with E-state index in [2.05, 4.69) is 11.9 Å². The van der Waals surface area contributed by atoms with E-state index < -0.39 is 55.2 Å². The van der Waals surface area contributed by atoms with Crippen LogP contribution in [0.1, 0.15) is 6.92 Å². The van der Waals surface area contributed by atoms with Crippen LogP contribution in [-0.4, -0.2) is 83.7 Å². The number of rotatable bonds is 8. The lowest BCUT2D eigenvalue weighted by Crippen LogP contribution is -2.65. The number of esters is 1. The van der Waals surface area contributed by atoms with E-state index >= 15 is 0 Å². The van der Waals surface area contributed by atoms with Gasteiger partial charge in [-0.3, -0.25) is 9.59 Å². The average molecular weight is 348 g/mol. The number of ether oxygens (including phenoxy) is 3. The molecule has 0 spiro atoms. The lowest BCUT2D eigenvalue weighted by atomic mass is 9.97. The van der Waals surface area contributed by atoms with Crippen molar-refractivity contribution >= 4 is 11.9 Å². The molecule has 10 nitrogen and oxygen atoms in total. The maximum absolute atomic E-state index is 11.6. The molecule has 1 aliphatic rings. The first-order valence-electron chi connectivity index (χ1n) is 7.36. The number of carbonyl (C=O) groups excluding carboxylic acids is 2. The second-order valence-corrected chi connectivity index (χ2v) is 5.29. The molecule has 0 aromatic rings. The van der Waals surface area contributed by atoms with E-state index in [9.17, 15) is 24.9 Å². The molecule has 1 saturated heterocycles. The molecule has 6 atom stereocenters. The van der Waals surface area contributed by atoms with Crippen molar-refractivity contribution < 1.29 is 39.1 Å². The highest BCUT2D eigenvalue weighted by molar-refractivity contribution is 5.75. The van der Waals surface area contributed by atoms with Crippen molar-refractivity contribution in [1.82, 2.24) is 5.32 Å². The molecule has 0 unspecified atom stereocenters. The third kappa shape index (κ3) is 5.51. The molecular weight excluding hydrogens is 324 g/mol. The van der Waals surface area contributed by atoms with E-state index in [1.165, 1.54) is 13.0 Å². The summed E-state index contributed by atoms with van der Waals surface area (Å²) in [7, 11) is 0. The minimum absolute atomic E-state index is 0.00152. The van der Waals surface area contributed by atoms with Gasteiger partial charge >= 0.3 is 5.97 Å². The first-order chi connectivity index (χ1) is 11.3. The Hall–Kier alpha value is -1.56. The molecule has 1 fully saturated rings. The van der Waals surface area contributed by atoms with Crippen molar-refractivity contribution in [3.8, 4) is 0 Å². The molecule has 1 rings (SSSR count). The van der Waals surface area contributed by atoms with E-state index in [0.29, 0.717) is 0 Å². The van der Waals surface area contributed by atoms with Gasteiger partial charge in [-0.05, 0) is 0 Å². The van der Waals surface area contributed by atoms with Crippen molar-refractivity contribution in [2.45, 2.75) is 43.6 Å². The van der Waals surface area contributed by atoms with Crippen molar-refractivity contribution in [2.24, 2.45) is 5.73 Å². The van der Waals surface area contributed by atoms with Crippen LogP contribution in [0.4, 0.5) is 0 Å². The smallest absolute Gasteiger partial charge is 0.325 e. The SMILES string of the molecule is C=CCOC(=O)[C@@H](N)CO[C@H]1O[C@H](CO)[C@H](O)[C@H](O)[C@H]1NC(C)=O. The Kier molecular flexibility index (Phi) is 8.25. The molecule has 0 bridgehead atoms. The highest BCUT2D eigenvalue weighted by Crippen LogP contribution is 2.22. The van der Waals surface area contributed by atoms with E-state index in [4.69, 9.17) is 19.9 Å². The average Bonchev–Trinajstić information content (AvgIpc) is 2.55. The molecule has 0 aliphatic carbocycles. The van der Waals surface area contributed by atoms with Crippen molar-refractivity contribution in [1.29, 1.82) is 0 Å². The molecule has 24 heavy (non-hydrogen) atoms. The molecule has 1 aliphatic heterocycles. The number of nitrogens with one attached hydrogen (secondary N) is 1. The topological polar surface area (TPSA) is 161 Å². The number of carbonyl (C=O) groups is 2. The van der Waals surface area contributed by atoms with Gasteiger partial charge in [0.1, 0.15) is 37.0 Å². The zero-order chi connectivity index (χ0) is 18.3. The van der Waals surface area contributed by atoms with E-state index in [1.54, 1.807) is 0 Å². The molecule has 0 radical (unpaired) electrons. The molecular formula is C14H24N2O8. The maximum atomic E-state index is 11.6. The Morgan fingerprint density at radius 1 is 1.42 bits per heavy atom. The van der Waals surface area contributed by atoms with E-state index in [0.717, 1.165) is 0 Å². The van der Waals surface area contributed by atoms with Gasteiger partial charge in [0.05, 0.1) is 13.2 Å². The number of amides is 1. The van der Waals surface area contributed by atoms with Gasteiger partial charge in [-0.1, -0.05) is 12.7 Å². The third-order valence-electron chi connectivity index (χ3n) is 3.34. The molecule has 1 heterocycles. The van der Waals surface area contributed by atoms with Crippen LogP contribution in [-0.2, 0) is 23.8 Å². The Morgan fingerprint density at radius 2 is 2.08 bits per heavy atom. The van der Waals surface area contributed by atoms with Gasteiger partial charge < -0.3 is 40.6 Å². The monoisotopic (exact) mass is 348 g/mol. The van der Waals surface area contributed by atoms with Crippen LogP contribution >= 0.6 is 0 Å². The third-order valence-corrected chi connectivity index (χ3v) is 3.34. The Bertz CT molecular complexity index is 446. The Morgan fingerprint density at radius 3 is 2.62 bits per heavy atom. The fourth-order valence-corrected chi connectivity index (χ4v) is 2.13. The molecule has 1 amide bonds. The lowest BCUT2D eigenvalue weighted by molar-refractivity contribution is -0.270. The zero-order valence-electron chi connectivity index (χ0n) is 13.3. The number of nitrogens with two attached hydrogens (primary N) is 1. The van der Waals surface area contributed by atoms with E-state index in [-0.39, 0.29) is 13.2 Å². The van der Waals surface area contributed by atoms with Gasteiger partial charge in [0.15, 0.2) is 6.29 Å². The highest BCUT2D eigenvalue weighted by atomic mass is 16.7. The van der Waals surface area contributed by atoms with Crippen LogP contribution < -0.4 is 11.1 Å². The molecule has 0 aromatic carbocycles. The minimum Gasteiger partial charge on any atom is -0.460 e. The molecule has 10 heteroatoms. The van der Waals surface area contributed by atoms with Crippen molar-refractivity contribution in [3.63, 3.8) is 0 Å². The summed E-state index contributed by atoms with van der Waals surface area (Å²) in [5.74, 6) is -1.21. The first-order valence-corrected chi connectivity index (χ1v) is 7.36. The second kappa shape index (κ2) is 9.67. The summed E-state index contributed by atoms with van der Waals surface area (Å²) >= 11 is 0. The van der Waals surface area contributed by atoms with Gasteiger partial charge in [0.25, 0.3) is 0 Å². The predicted octanol–water partition coefficient (Wildman–Crippen LogP) is -3.00. The summed E-state index contributed by atoms with van der Waals surface area (Å²) in [6.45, 7) is 3.72. The predicted molar refractivity (Wildman–Crippen MR) is 80.4 cm³/mol. The summed E-state index contributed by atoms with van der Waals surface area (Å²) in [5.41, 5.74) is 5.61. The van der Waals surface area contributed by atoms with Gasteiger partial charge in [-0.2, -0.15) is 0 Å². The highest BCUT2D eigenvalue weighted by Gasteiger charge is 2.45. The fraction of sp³-hybridized carbons (Fsp3) is 0.714. The molecule has 0 saturated carbocycles. The standard InChI is InChI=1S/C14H24N2O8/c1-3-4-22-13(21)8(15)6-23-14-10(16-7(2)18)12(20)11(19)9(5-17)24-14/h3,8-12,14,17,19-20H,1,4-6,15H2,2H3,(H,16,18)/t8-,9+,10+,11-,12+,14-/m0/s1. The van der Waals surface area contributed by atoms with Crippen molar-refractivity contribution in [2.75, 3.05) is 19.8 Å². The Labute approximate surface area is 139 Å². The summed E-state index contributed by atoms with van der Waals surface area (Å²) < 4.78 is 15.4. The summed E-state index contributed by atoms with van der Waals surface area (Å²) in [6.07, 6.45) is -3.81. The number of hydrogen-bond acceptors (Lipinski definition) is 9. The van der Waals surface area contributed by atoms with Gasteiger partial charge in [-0.15, -0.1) is 0 Å². The van der Waals surface area contributed by atoms with Gasteiger partial charge in [0.2, 0.25) is 5.91 Å². The quantitative estimate of drug-likeness (QED) is 0.227. The maximum Gasteiger partial charge on any atom is 0.325 e. The van der Waals surface area contributed by atoms with Gasteiger partial charge in [-0.25, -0.2) is 0 Å². The van der Waals surface area contributed by atoms with Crippen LogP contribution in [0.15, 0.2) is 12.7 Å². The first kappa shape index (κ1) is 20.5. The fourth-order valence-electron chi connectivity index (χ4n) is 2.13. The van der Waals surface area contributed by atoms with Crippen LogP contribution in [0.2, 0.25) is 0 Å².